The van der Waals surface area contributed by atoms with E-state index in [1.807, 2.05) is 0 Å². The van der Waals surface area contributed by atoms with E-state index in [0.717, 1.165) is 12.1 Å². The fourth-order valence-electron chi connectivity index (χ4n) is 1.09. The molecule has 5 nitrogen and oxygen atoms in total. The van der Waals surface area contributed by atoms with E-state index >= 15 is 0 Å². The Balaban J connectivity index is 3.37. The highest BCUT2D eigenvalue weighted by Crippen LogP contribution is 2.27. The van der Waals surface area contributed by atoms with Crippen molar-refractivity contribution in [1.82, 2.24) is 0 Å². The van der Waals surface area contributed by atoms with Gasteiger partial charge in [-0.3, -0.25) is 10.1 Å². The van der Waals surface area contributed by atoms with Crippen LogP contribution in [0.2, 0.25) is 5.02 Å². The van der Waals surface area contributed by atoms with Crippen LogP contribution >= 0.6 is 11.6 Å². The molecule has 16 heavy (non-hydrogen) atoms. The molecule has 1 aromatic rings. The van der Waals surface area contributed by atoms with Gasteiger partial charge in [0.2, 0.25) is 0 Å². The second-order valence-corrected chi connectivity index (χ2v) is 3.14. The molecule has 0 N–H and O–H groups in total. The van der Waals surface area contributed by atoms with Gasteiger partial charge in [-0.1, -0.05) is 11.6 Å². The second kappa shape index (κ2) is 4.89. The molecule has 0 bridgehead atoms. The largest absolute Gasteiger partial charge is 0.462 e. The molecule has 0 saturated heterocycles. The smallest absolute Gasteiger partial charge is 0.348 e. The standard InChI is InChI=1S/C9H7ClFNO4/c1-2-16-9(13)7-6(12(14)15)4-3-5(10)8(7)11/h3-4H,2H2,1H3. The summed E-state index contributed by atoms with van der Waals surface area (Å²) in [6, 6.07) is 1.97. The molecule has 0 heterocycles. The summed E-state index contributed by atoms with van der Waals surface area (Å²) < 4.78 is 18.0. The zero-order valence-corrected chi connectivity index (χ0v) is 8.95. The number of carbonyl (C=O) groups is 1. The lowest BCUT2D eigenvalue weighted by molar-refractivity contribution is -0.385. The third-order valence-corrected chi connectivity index (χ3v) is 2.04. The van der Waals surface area contributed by atoms with Gasteiger partial charge in [0.1, 0.15) is 0 Å². The van der Waals surface area contributed by atoms with Gasteiger partial charge in [0.15, 0.2) is 11.4 Å². The fourth-order valence-corrected chi connectivity index (χ4v) is 1.25. The van der Waals surface area contributed by atoms with Gasteiger partial charge in [-0.15, -0.1) is 0 Å². The molecule has 0 saturated carbocycles. The summed E-state index contributed by atoms with van der Waals surface area (Å²) in [6.45, 7) is 1.49. The van der Waals surface area contributed by atoms with Crippen LogP contribution in [0.3, 0.4) is 0 Å². The number of benzene rings is 1. The van der Waals surface area contributed by atoms with Crippen LogP contribution in [0.25, 0.3) is 0 Å². The summed E-state index contributed by atoms with van der Waals surface area (Å²) in [5, 5.41) is 10.2. The second-order valence-electron chi connectivity index (χ2n) is 2.73. The van der Waals surface area contributed by atoms with E-state index < -0.39 is 28.0 Å². The summed E-state index contributed by atoms with van der Waals surface area (Å²) in [5.74, 6) is -2.25. The third kappa shape index (κ3) is 2.27. The lowest BCUT2D eigenvalue weighted by atomic mass is 10.1. The number of carbonyl (C=O) groups excluding carboxylic acids is 1. The van der Waals surface area contributed by atoms with Crippen molar-refractivity contribution in [3.8, 4) is 0 Å². The molecule has 1 rings (SSSR count). The first kappa shape index (κ1) is 12.4. The number of rotatable bonds is 3. The predicted octanol–water partition coefficient (Wildman–Crippen LogP) is 2.56. The maximum atomic E-state index is 13.5. The minimum atomic E-state index is -1.14. The fraction of sp³-hybridized carbons (Fsp3) is 0.222. The zero-order valence-electron chi connectivity index (χ0n) is 8.20. The number of ether oxygens (including phenoxy) is 1. The highest BCUT2D eigenvalue weighted by Gasteiger charge is 2.27. The van der Waals surface area contributed by atoms with Crippen molar-refractivity contribution < 1.29 is 18.8 Å². The van der Waals surface area contributed by atoms with Crippen LogP contribution in [-0.4, -0.2) is 17.5 Å². The van der Waals surface area contributed by atoms with E-state index in [-0.39, 0.29) is 11.6 Å². The first-order valence-corrected chi connectivity index (χ1v) is 4.66. The summed E-state index contributed by atoms with van der Waals surface area (Å²) in [4.78, 5) is 21.0. The Kier molecular flexibility index (Phi) is 3.78. The quantitative estimate of drug-likeness (QED) is 0.468. The molecule has 7 heteroatoms. The average Bonchev–Trinajstić information content (AvgIpc) is 2.21. The molecule has 0 radical (unpaired) electrons. The van der Waals surface area contributed by atoms with Crippen molar-refractivity contribution in [1.29, 1.82) is 0 Å². The summed E-state index contributed by atoms with van der Waals surface area (Å²) in [6.07, 6.45) is 0. The molecular weight excluding hydrogens is 241 g/mol. The Morgan fingerprint density at radius 2 is 2.25 bits per heavy atom. The summed E-state index contributed by atoms with van der Waals surface area (Å²) in [5.41, 5.74) is -1.42. The minimum Gasteiger partial charge on any atom is -0.462 e. The van der Waals surface area contributed by atoms with E-state index in [0.29, 0.717) is 0 Å². The van der Waals surface area contributed by atoms with Crippen molar-refractivity contribution >= 4 is 23.3 Å². The normalized spacial score (nSPS) is 9.94. The molecule has 0 aliphatic carbocycles. The SMILES string of the molecule is CCOC(=O)c1c([N+](=O)[O-])ccc(Cl)c1F. The number of nitro benzene ring substituents is 1. The van der Waals surface area contributed by atoms with Gasteiger partial charge < -0.3 is 4.74 Å². The van der Waals surface area contributed by atoms with Crippen LogP contribution in [0.4, 0.5) is 10.1 Å². The lowest BCUT2D eigenvalue weighted by Gasteiger charge is -2.04. The molecule has 0 spiro atoms. The van der Waals surface area contributed by atoms with Crippen LogP contribution in [0.1, 0.15) is 17.3 Å². The van der Waals surface area contributed by atoms with E-state index in [2.05, 4.69) is 4.74 Å². The molecule has 0 aliphatic rings. The van der Waals surface area contributed by atoms with Crippen molar-refractivity contribution in [2.24, 2.45) is 0 Å². The zero-order chi connectivity index (χ0) is 12.3. The van der Waals surface area contributed by atoms with E-state index in [4.69, 9.17) is 11.6 Å². The summed E-state index contributed by atoms with van der Waals surface area (Å²) >= 11 is 5.43. The highest BCUT2D eigenvalue weighted by atomic mass is 35.5. The van der Waals surface area contributed by atoms with Gasteiger partial charge in [-0.05, 0) is 13.0 Å². The van der Waals surface area contributed by atoms with Crippen molar-refractivity contribution in [2.75, 3.05) is 6.61 Å². The molecule has 0 aromatic heterocycles. The maximum Gasteiger partial charge on any atom is 0.348 e. The van der Waals surface area contributed by atoms with Gasteiger partial charge in [0, 0.05) is 6.07 Å². The van der Waals surface area contributed by atoms with Gasteiger partial charge in [-0.2, -0.15) is 0 Å². The predicted molar refractivity (Wildman–Crippen MR) is 54.0 cm³/mol. The van der Waals surface area contributed by atoms with Gasteiger partial charge in [0.25, 0.3) is 5.69 Å². The van der Waals surface area contributed by atoms with Crippen LogP contribution in [0, 0.1) is 15.9 Å². The molecule has 0 aliphatic heterocycles. The summed E-state index contributed by atoms with van der Waals surface area (Å²) in [7, 11) is 0. The topological polar surface area (TPSA) is 69.4 Å². The van der Waals surface area contributed by atoms with E-state index in [1.165, 1.54) is 6.92 Å². The molecule has 0 unspecified atom stereocenters. The monoisotopic (exact) mass is 247 g/mol. The number of hydrogen-bond acceptors (Lipinski definition) is 4. The number of hydrogen-bond donors (Lipinski definition) is 0. The van der Waals surface area contributed by atoms with Crippen LogP contribution in [-0.2, 0) is 4.74 Å². The minimum absolute atomic E-state index is 0.0120. The molecule has 1 aromatic carbocycles. The molecular formula is C9H7ClFNO4. The van der Waals surface area contributed by atoms with Gasteiger partial charge in [-0.25, -0.2) is 9.18 Å². The Bertz CT molecular complexity index is 449. The molecule has 0 fully saturated rings. The van der Waals surface area contributed by atoms with Gasteiger partial charge in [0.05, 0.1) is 16.6 Å². The van der Waals surface area contributed by atoms with Crippen molar-refractivity contribution in [3.05, 3.63) is 38.7 Å². The number of nitrogens with zero attached hydrogens (tertiary/aromatic N) is 1. The maximum absolute atomic E-state index is 13.5. The first-order valence-electron chi connectivity index (χ1n) is 4.28. The Labute approximate surface area is 94.9 Å². The van der Waals surface area contributed by atoms with Crippen molar-refractivity contribution in [3.63, 3.8) is 0 Å². The molecule has 86 valence electrons. The van der Waals surface area contributed by atoms with Crippen LogP contribution in [0.5, 0.6) is 0 Å². The third-order valence-electron chi connectivity index (χ3n) is 1.75. The number of halogens is 2. The van der Waals surface area contributed by atoms with E-state index in [9.17, 15) is 19.3 Å². The number of esters is 1. The van der Waals surface area contributed by atoms with Crippen molar-refractivity contribution in [2.45, 2.75) is 6.92 Å². The highest BCUT2D eigenvalue weighted by molar-refractivity contribution is 6.31. The van der Waals surface area contributed by atoms with Crippen LogP contribution in [0.15, 0.2) is 12.1 Å². The Morgan fingerprint density at radius 1 is 1.62 bits per heavy atom. The lowest BCUT2D eigenvalue weighted by Crippen LogP contribution is -2.10. The first-order chi connectivity index (χ1) is 7.49. The Morgan fingerprint density at radius 3 is 2.75 bits per heavy atom. The van der Waals surface area contributed by atoms with E-state index in [1.54, 1.807) is 0 Å². The molecule has 0 atom stereocenters. The molecule has 0 amide bonds. The van der Waals surface area contributed by atoms with Gasteiger partial charge >= 0.3 is 5.97 Å². The number of nitro groups is 1. The van der Waals surface area contributed by atoms with Crippen LogP contribution < -0.4 is 0 Å². The average molecular weight is 248 g/mol. The Hall–Kier alpha value is -1.69.